The molecule has 9 heteroatoms. The fraction of sp³-hybridized carbons (Fsp3) is 0.368. The van der Waals surface area contributed by atoms with Crippen LogP contribution in [0.1, 0.15) is 50.5 Å². The summed E-state index contributed by atoms with van der Waals surface area (Å²) in [6.45, 7) is 5.61. The molecule has 28 heavy (non-hydrogen) atoms. The summed E-state index contributed by atoms with van der Waals surface area (Å²) in [6, 6.07) is 6.81. The Hall–Kier alpha value is -2.39. The van der Waals surface area contributed by atoms with Crippen molar-refractivity contribution in [3.63, 3.8) is 0 Å². The van der Waals surface area contributed by atoms with Crippen LogP contribution in [-0.4, -0.2) is 45.6 Å². The molecular formula is C19H19N3O4S2. The quantitative estimate of drug-likeness (QED) is 0.772. The number of carbonyl (C=O) groups excluding carboxylic acids is 3. The van der Waals surface area contributed by atoms with E-state index in [2.05, 4.69) is 10.3 Å². The molecule has 2 aliphatic rings. The number of amides is 2. The third-order valence-electron chi connectivity index (χ3n) is 4.94. The van der Waals surface area contributed by atoms with Crippen molar-refractivity contribution in [3.8, 4) is 0 Å². The van der Waals surface area contributed by atoms with Crippen molar-refractivity contribution >= 4 is 46.0 Å². The van der Waals surface area contributed by atoms with Gasteiger partial charge in [-0.2, -0.15) is 0 Å². The molecule has 7 nitrogen and oxygen atoms in total. The van der Waals surface area contributed by atoms with Crippen molar-refractivity contribution < 1.29 is 19.1 Å². The fourth-order valence-electron chi connectivity index (χ4n) is 3.71. The minimum atomic E-state index is -0.659. The highest BCUT2D eigenvalue weighted by Crippen LogP contribution is 2.56. The molecule has 1 N–H and O–H groups in total. The van der Waals surface area contributed by atoms with Crippen LogP contribution in [0.2, 0.25) is 0 Å². The van der Waals surface area contributed by atoms with E-state index in [1.54, 1.807) is 29.7 Å². The average molecular weight is 418 g/mol. The van der Waals surface area contributed by atoms with E-state index in [1.165, 1.54) is 7.11 Å². The number of benzene rings is 1. The maximum atomic E-state index is 13.2. The van der Waals surface area contributed by atoms with Crippen LogP contribution in [-0.2, 0) is 9.53 Å². The molecule has 1 aromatic carbocycles. The van der Waals surface area contributed by atoms with Crippen LogP contribution >= 0.6 is 23.1 Å². The van der Waals surface area contributed by atoms with Crippen LogP contribution in [0.3, 0.4) is 0 Å². The first-order valence-corrected chi connectivity index (χ1v) is 10.4. The summed E-state index contributed by atoms with van der Waals surface area (Å²) in [5, 5.41) is 2.93. The number of nitrogens with one attached hydrogen (secondary N) is 1. The molecule has 1 aromatic heterocycles. The van der Waals surface area contributed by atoms with Gasteiger partial charge in [-0.1, -0.05) is 29.5 Å². The van der Waals surface area contributed by atoms with Gasteiger partial charge in [0.05, 0.1) is 12.8 Å². The number of hydrogen-bond donors (Lipinski definition) is 1. The Balaban J connectivity index is 1.63. The van der Waals surface area contributed by atoms with E-state index in [4.69, 9.17) is 4.74 Å². The molecule has 0 saturated carbocycles. The van der Waals surface area contributed by atoms with Gasteiger partial charge in [-0.25, -0.2) is 9.78 Å². The molecule has 2 amide bonds. The Kier molecular flexibility index (Phi) is 4.46. The Morgan fingerprint density at radius 1 is 1.29 bits per heavy atom. The third-order valence-corrected chi connectivity index (χ3v) is 7.53. The lowest BCUT2D eigenvalue weighted by Crippen LogP contribution is -2.50. The van der Waals surface area contributed by atoms with Gasteiger partial charge in [-0.05, 0) is 32.4 Å². The number of aryl methyl sites for hydroxylation is 1. The van der Waals surface area contributed by atoms with Crippen molar-refractivity contribution in [1.29, 1.82) is 0 Å². The minimum absolute atomic E-state index is 0.135. The number of rotatable bonds is 3. The number of methoxy groups -OCH3 is 1. The lowest BCUT2D eigenvalue weighted by molar-refractivity contribution is -0.121. The Morgan fingerprint density at radius 2 is 2.00 bits per heavy atom. The summed E-state index contributed by atoms with van der Waals surface area (Å²) in [6.07, 6.45) is 0. The average Bonchev–Trinajstić information content (AvgIpc) is 3.24. The van der Waals surface area contributed by atoms with Gasteiger partial charge in [0.2, 0.25) is 5.91 Å². The smallest absolute Gasteiger partial charge is 0.350 e. The van der Waals surface area contributed by atoms with E-state index >= 15 is 0 Å². The second-order valence-corrected chi connectivity index (χ2v) is 9.92. The number of nitrogens with zero attached hydrogens (tertiary/aromatic N) is 2. The van der Waals surface area contributed by atoms with Gasteiger partial charge in [0.25, 0.3) is 5.91 Å². The Morgan fingerprint density at radius 3 is 2.71 bits per heavy atom. The zero-order chi connectivity index (χ0) is 20.2. The molecule has 0 bridgehead atoms. The Bertz CT molecular complexity index is 1000. The predicted octanol–water partition coefficient (Wildman–Crippen LogP) is 3.23. The number of thiazole rings is 1. The highest BCUT2D eigenvalue weighted by Gasteiger charge is 2.57. The number of esters is 1. The molecule has 1 saturated heterocycles. The fourth-order valence-corrected chi connectivity index (χ4v) is 6.19. The standard InChI is InChI=1S/C19H19N3O4S2/c1-9-12(17(25)26-4)27-18(20-9)21-14(23)13-19(2,3)28-16-11-8-6-5-7-10(11)15(24)22(13)16/h5-8,13,16H,1-4H3,(H,20,21,23)/t13-,16-/m1/s1. The van der Waals surface area contributed by atoms with Gasteiger partial charge in [-0.3, -0.25) is 9.59 Å². The summed E-state index contributed by atoms with van der Waals surface area (Å²) in [5.74, 6) is -0.937. The first-order chi connectivity index (χ1) is 13.2. The van der Waals surface area contributed by atoms with Gasteiger partial charge in [0, 0.05) is 10.3 Å². The van der Waals surface area contributed by atoms with E-state index in [1.807, 2.05) is 32.0 Å². The van der Waals surface area contributed by atoms with Gasteiger partial charge in [0.1, 0.15) is 16.3 Å². The zero-order valence-corrected chi connectivity index (χ0v) is 17.4. The normalized spacial score (nSPS) is 22.0. The van der Waals surface area contributed by atoms with Gasteiger partial charge in [0.15, 0.2) is 5.13 Å². The lowest BCUT2D eigenvalue weighted by Gasteiger charge is -2.29. The number of carbonyl (C=O) groups is 3. The summed E-state index contributed by atoms with van der Waals surface area (Å²) in [4.78, 5) is 44.2. The van der Waals surface area contributed by atoms with E-state index in [0.29, 0.717) is 21.3 Å². The van der Waals surface area contributed by atoms with E-state index in [-0.39, 0.29) is 17.2 Å². The van der Waals surface area contributed by atoms with E-state index in [9.17, 15) is 14.4 Å². The zero-order valence-electron chi connectivity index (χ0n) is 15.8. The second-order valence-electron chi connectivity index (χ2n) is 7.19. The third kappa shape index (κ3) is 2.80. The highest BCUT2D eigenvalue weighted by molar-refractivity contribution is 8.01. The molecular weight excluding hydrogens is 398 g/mol. The van der Waals surface area contributed by atoms with Gasteiger partial charge >= 0.3 is 5.97 Å². The van der Waals surface area contributed by atoms with Crippen LogP contribution in [0.25, 0.3) is 0 Å². The summed E-state index contributed by atoms with van der Waals surface area (Å²) in [5.41, 5.74) is 2.08. The van der Waals surface area contributed by atoms with Crippen LogP contribution < -0.4 is 5.32 Å². The molecule has 0 unspecified atom stereocenters. The van der Waals surface area contributed by atoms with Crippen LogP contribution in [0.15, 0.2) is 24.3 Å². The van der Waals surface area contributed by atoms with E-state index in [0.717, 1.165) is 16.9 Å². The number of thioether (sulfide) groups is 1. The second kappa shape index (κ2) is 6.59. The number of hydrogen-bond acceptors (Lipinski definition) is 7. The van der Waals surface area contributed by atoms with Crippen LogP contribution in [0.4, 0.5) is 5.13 Å². The number of aromatic nitrogens is 1. The largest absolute Gasteiger partial charge is 0.465 e. The summed E-state index contributed by atoms with van der Waals surface area (Å²) < 4.78 is 4.26. The maximum Gasteiger partial charge on any atom is 0.350 e. The maximum absolute atomic E-state index is 13.2. The van der Waals surface area contributed by atoms with Crippen molar-refractivity contribution in [1.82, 2.24) is 9.88 Å². The number of anilines is 1. The first-order valence-electron chi connectivity index (χ1n) is 8.70. The highest BCUT2D eigenvalue weighted by atomic mass is 32.2. The SMILES string of the molecule is COC(=O)c1sc(NC(=O)[C@H]2N3C(=O)c4ccccc4[C@H]3SC2(C)C)nc1C. The molecule has 146 valence electrons. The summed E-state index contributed by atoms with van der Waals surface area (Å²) >= 11 is 2.67. The Labute approximate surface area is 170 Å². The van der Waals surface area contributed by atoms with Crippen LogP contribution in [0.5, 0.6) is 0 Å². The molecule has 0 spiro atoms. The number of fused-ring (bicyclic) bond motifs is 3. The molecule has 3 heterocycles. The monoisotopic (exact) mass is 417 g/mol. The van der Waals surface area contributed by atoms with Crippen LogP contribution in [0, 0.1) is 6.92 Å². The molecule has 2 atom stereocenters. The van der Waals surface area contributed by atoms with Crippen molar-refractivity contribution in [2.24, 2.45) is 0 Å². The summed E-state index contributed by atoms with van der Waals surface area (Å²) in [7, 11) is 1.30. The molecule has 0 radical (unpaired) electrons. The molecule has 4 rings (SSSR count). The molecule has 2 aromatic rings. The predicted molar refractivity (Wildman–Crippen MR) is 108 cm³/mol. The minimum Gasteiger partial charge on any atom is -0.465 e. The molecule has 2 aliphatic heterocycles. The lowest BCUT2D eigenvalue weighted by atomic mass is 10.0. The van der Waals surface area contributed by atoms with Crippen molar-refractivity contribution in [2.45, 2.75) is 36.9 Å². The van der Waals surface area contributed by atoms with Gasteiger partial charge < -0.3 is 15.0 Å². The van der Waals surface area contributed by atoms with Gasteiger partial charge in [-0.15, -0.1) is 11.8 Å². The topological polar surface area (TPSA) is 88.6 Å². The molecule has 1 fully saturated rings. The number of ether oxygens (including phenoxy) is 1. The van der Waals surface area contributed by atoms with Crippen molar-refractivity contribution in [2.75, 3.05) is 12.4 Å². The first kappa shape index (κ1) is 18.9. The van der Waals surface area contributed by atoms with Crippen molar-refractivity contribution in [3.05, 3.63) is 46.0 Å². The van der Waals surface area contributed by atoms with E-state index < -0.39 is 16.8 Å². The molecule has 0 aliphatic carbocycles.